The Labute approximate surface area is 206 Å². The molecule has 8 heteroatoms. The first kappa shape index (κ1) is 23.8. The van der Waals surface area contributed by atoms with Gasteiger partial charge in [0.2, 0.25) is 0 Å². The van der Waals surface area contributed by atoms with Gasteiger partial charge >= 0.3 is 5.97 Å². The highest BCUT2D eigenvalue weighted by Crippen LogP contribution is 2.25. The summed E-state index contributed by atoms with van der Waals surface area (Å²) >= 11 is 1.42. The van der Waals surface area contributed by atoms with Gasteiger partial charge in [0.05, 0.1) is 23.9 Å². The number of thioether (sulfide) groups is 1. The number of hydrogen-bond donors (Lipinski definition) is 1. The van der Waals surface area contributed by atoms with E-state index in [9.17, 15) is 9.59 Å². The average Bonchev–Trinajstić information content (AvgIpc) is 3.31. The van der Waals surface area contributed by atoms with E-state index in [1.54, 1.807) is 48.7 Å². The zero-order valence-electron chi connectivity index (χ0n) is 19.1. The van der Waals surface area contributed by atoms with Gasteiger partial charge in [0.15, 0.2) is 0 Å². The van der Waals surface area contributed by atoms with Crippen molar-refractivity contribution in [3.8, 4) is 11.8 Å². The van der Waals surface area contributed by atoms with Crippen molar-refractivity contribution in [1.29, 1.82) is 0 Å². The van der Waals surface area contributed by atoms with Crippen LogP contribution in [0.2, 0.25) is 0 Å². The van der Waals surface area contributed by atoms with Gasteiger partial charge in [0, 0.05) is 34.8 Å². The molecule has 0 saturated carbocycles. The van der Waals surface area contributed by atoms with E-state index in [2.05, 4.69) is 27.3 Å². The number of anilines is 1. The van der Waals surface area contributed by atoms with Crippen LogP contribution in [0.4, 0.5) is 5.69 Å². The predicted molar refractivity (Wildman–Crippen MR) is 133 cm³/mol. The van der Waals surface area contributed by atoms with E-state index in [4.69, 9.17) is 9.26 Å². The molecule has 4 rings (SSSR count). The first-order chi connectivity index (χ1) is 17.0. The quantitative estimate of drug-likeness (QED) is 0.231. The molecule has 0 saturated heterocycles. The highest BCUT2D eigenvalue weighted by Gasteiger charge is 2.14. The Bertz CT molecular complexity index is 1440. The highest BCUT2D eigenvalue weighted by molar-refractivity contribution is 7.98. The van der Waals surface area contributed by atoms with E-state index in [1.807, 2.05) is 31.2 Å². The lowest BCUT2D eigenvalue weighted by Crippen LogP contribution is -2.13. The molecule has 0 aliphatic carbocycles. The molecule has 1 N–H and O–H groups in total. The number of carbonyl (C=O) groups excluding carboxylic acids is 2. The van der Waals surface area contributed by atoms with Crippen LogP contribution in [-0.2, 0) is 10.5 Å². The summed E-state index contributed by atoms with van der Waals surface area (Å²) in [5.41, 5.74) is 3.69. The van der Waals surface area contributed by atoms with Crippen LogP contribution in [0.15, 0.2) is 82.5 Å². The van der Waals surface area contributed by atoms with E-state index in [1.165, 1.54) is 18.9 Å². The van der Waals surface area contributed by atoms with Crippen LogP contribution in [-0.4, -0.2) is 29.1 Å². The zero-order valence-corrected chi connectivity index (χ0v) is 19.9. The molecule has 0 atom stereocenters. The summed E-state index contributed by atoms with van der Waals surface area (Å²) in [5, 5.41) is 7.50. The maximum absolute atomic E-state index is 13.0. The summed E-state index contributed by atoms with van der Waals surface area (Å²) in [6.07, 6.45) is 1.65. The molecule has 2 aromatic heterocycles. The van der Waals surface area contributed by atoms with E-state index in [-0.39, 0.29) is 5.91 Å². The third-order valence-corrected chi connectivity index (χ3v) is 5.84. The molecule has 7 nitrogen and oxygen atoms in total. The number of esters is 1. The third-order valence-electron chi connectivity index (χ3n) is 4.80. The molecule has 0 bridgehead atoms. The Hall–Kier alpha value is -4.35. The fourth-order valence-corrected chi connectivity index (χ4v) is 4.04. The largest absolute Gasteiger partial charge is 0.465 e. The Kier molecular flexibility index (Phi) is 7.60. The Balaban J connectivity index is 1.47. The molecule has 174 valence electrons. The summed E-state index contributed by atoms with van der Waals surface area (Å²) in [6.45, 7) is 1.83. The topological polar surface area (TPSA) is 94.3 Å². The average molecular weight is 484 g/mol. The first-order valence-electron chi connectivity index (χ1n) is 10.6. The molecule has 0 unspecified atom stereocenters. The zero-order chi connectivity index (χ0) is 24.6. The van der Waals surface area contributed by atoms with E-state index < -0.39 is 5.97 Å². The van der Waals surface area contributed by atoms with E-state index in [0.717, 1.165) is 11.5 Å². The van der Waals surface area contributed by atoms with Crippen LogP contribution < -0.4 is 5.32 Å². The number of amides is 1. The second-order valence-corrected chi connectivity index (χ2v) is 8.40. The molecule has 35 heavy (non-hydrogen) atoms. The summed E-state index contributed by atoms with van der Waals surface area (Å²) in [5.74, 6) is 6.69. The van der Waals surface area contributed by atoms with Crippen molar-refractivity contribution >= 4 is 29.3 Å². The van der Waals surface area contributed by atoms with Crippen molar-refractivity contribution in [3.05, 3.63) is 107 Å². The van der Waals surface area contributed by atoms with Crippen LogP contribution in [0.1, 0.15) is 43.3 Å². The number of nitrogens with one attached hydrogen (secondary N) is 1. The number of pyridine rings is 1. The fourth-order valence-electron chi connectivity index (χ4n) is 3.17. The molecular weight excluding hydrogens is 462 g/mol. The number of hydrogen-bond acceptors (Lipinski definition) is 7. The Morgan fingerprint density at radius 2 is 1.80 bits per heavy atom. The number of aryl methyl sites for hydroxylation is 1. The van der Waals surface area contributed by atoms with Crippen LogP contribution in [0.5, 0.6) is 0 Å². The first-order valence-corrected chi connectivity index (χ1v) is 11.6. The molecule has 0 radical (unpaired) electrons. The van der Waals surface area contributed by atoms with Gasteiger partial charge in [-0.25, -0.2) is 9.78 Å². The standard InChI is InChI=1S/C27H21N3O4S/c1-18-14-23(30-34-18)17-35-26-24(10-5-13-28-26)25(31)29-22-9-4-7-20(16-22)12-11-19-6-3-8-21(15-19)27(32)33-2/h3-10,13-16H,17H2,1-2H3,(H,29,31). The van der Waals surface area contributed by atoms with Gasteiger partial charge in [0.1, 0.15) is 10.8 Å². The Morgan fingerprint density at radius 3 is 2.54 bits per heavy atom. The smallest absolute Gasteiger partial charge is 0.337 e. The summed E-state index contributed by atoms with van der Waals surface area (Å²) in [7, 11) is 1.34. The van der Waals surface area contributed by atoms with Crippen molar-refractivity contribution in [2.45, 2.75) is 17.7 Å². The number of nitrogens with zero attached hydrogens (tertiary/aromatic N) is 2. The maximum Gasteiger partial charge on any atom is 0.337 e. The lowest BCUT2D eigenvalue weighted by molar-refractivity contribution is 0.0600. The lowest BCUT2D eigenvalue weighted by atomic mass is 10.1. The van der Waals surface area contributed by atoms with Gasteiger partial charge in [-0.1, -0.05) is 40.9 Å². The highest BCUT2D eigenvalue weighted by atomic mass is 32.2. The number of aromatic nitrogens is 2. The second-order valence-electron chi connectivity index (χ2n) is 7.43. The minimum absolute atomic E-state index is 0.271. The lowest BCUT2D eigenvalue weighted by Gasteiger charge is -2.09. The third kappa shape index (κ3) is 6.37. The number of rotatable bonds is 6. The number of carbonyl (C=O) groups is 2. The van der Waals surface area contributed by atoms with Gasteiger partial charge in [-0.2, -0.15) is 0 Å². The summed E-state index contributed by atoms with van der Waals surface area (Å²) in [6, 6.07) is 19.5. The fraction of sp³-hybridized carbons (Fsp3) is 0.111. The molecule has 2 heterocycles. The van der Waals surface area contributed by atoms with E-state index in [0.29, 0.717) is 38.7 Å². The van der Waals surface area contributed by atoms with Crippen molar-refractivity contribution in [3.63, 3.8) is 0 Å². The monoisotopic (exact) mass is 483 g/mol. The van der Waals surface area contributed by atoms with Gasteiger partial charge in [-0.3, -0.25) is 4.79 Å². The minimum Gasteiger partial charge on any atom is -0.465 e. The van der Waals surface area contributed by atoms with Crippen molar-refractivity contribution in [2.24, 2.45) is 0 Å². The van der Waals surface area contributed by atoms with E-state index >= 15 is 0 Å². The molecule has 0 spiro atoms. The van der Waals surface area contributed by atoms with Crippen molar-refractivity contribution < 1.29 is 18.8 Å². The summed E-state index contributed by atoms with van der Waals surface area (Å²) < 4.78 is 9.85. The van der Waals surface area contributed by atoms with Gasteiger partial charge in [-0.05, 0) is 55.5 Å². The number of ether oxygens (including phenoxy) is 1. The molecule has 0 fully saturated rings. The van der Waals surface area contributed by atoms with Crippen LogP contribution >= 0.6 is 11.8 Å². The number of methoxy groups -OCH3 is 1. The summed E-state index contributed by atoms with van der Waals surface area (Å²) in [4.78, 5) is 29.1. The van der Waals surface area contributed by atoms with Crippen molar-refractivity contribution in [2.75, 3.05) is 12.4 Å². The second kappa shape index (κ2) is 11.2. The van der Waals surface area contributed by atoms with Gasteiger partial charge in [0.25, 0.3) is 5.91 Å². The van der Waals surface area contributed by atoms with Crippen molar-refractivity contribution in [1.82, 2.24) is 10.1 Å². The molecule has 2 aromatic carbocycles. The normalized spacial score (nSPS) is 10.2. The van der Waals surface area contributed by atoms with Gasteiger partial charge < -0.3 is 14.6 Å². The van der Waals surface area contributed by atoms with Gasteiger partial charge in [-0.15, -0.1) is 0 Å². The predicted octanol–water partition coefficient (Wildman–Crippen LogP) is 5.11. The minimum atomic E-state index is -0.414. The molecular formula is C27H21N3O4S. The maximum atomic E-state index is 13.0. The van der Waals surface area contributed by atoms with Crippen LogP contribution in [0, 0.1) is 18.8 Å². The molecule has 0 aliphatic heterocycles. The Morgan fingerprint density at radius 1 is 1.03 bits per heavy atom. The molecule has 0 aliphatic rings. The van der Waals surface area contributed by atoms with Crippen LogP contribution in [0.3, 0.4) is 0 Å². The molecule has 1 amide bonds. The van der Waals surface area contributed by atoms with Crippen LogP contribution in [0.25, 0.3) is 0 Å². The molecule has 4 aromatic rings. The number of benzene rings is 2. The SMILES string of the molecule is COC(=O)c1cccc(C#Cc2cccc(NC(=O)c3cccnc3SCc3cc(C)on3)c2)c1.